The Kier molecular flexibility index (Phi) is 5.33. The summed E-state index contributed by atoms with van der Waals surface area (Å²) in [4.78, 5) is 4.38. The Balaban J connectivity index is 1.66. The van der Waals surface area contributed by atoms with Gasteiger partial charge < -0.3 is 9.84 Å². The predicted molar refractivity (Wildman–Crippen MR) is 93.1 cm³/mol. The fourth-order valence-corrected chi connectivity index (χ4v) is 4.49. The first-order valence-corrected chi connectivity index (χ1v) is 9.65. The maximum Gasteiger partial charge on any atom is 0.322 e. The number of nitrogens with zero attached hydrogens (tertiary/aromatic N) is 2. The Morgan fingerprint density at radius 3 is 3.09 bits per heavy atom. The van der Waals surface area contributed by atoms with E-state index in [1.807, 2.05) is 19.1 Å². The van der Waals surface area contributed by atoms with Gasteiger partial charge in [-0.05, 0) is 31.4 Å². The molecule has 23 heavy (non-hydrogen) atoms. The first-order chi connectivity index (χ1) is 11.2. The third-order valence-corrected chi connectivity index (χ3v) is 6.09. The van der Waals surface area contributed by atoms with Crippen LogP contribution in [0.5, 0.6) is 0 Å². The summed E-state index contributed by atoms with van der Waals surface area (Å²) in [7, 11) is -0.741. The molecule has 0 aliphatic heterocycles. The molecule has 1 N–H and O–H groups in total. The first kappa shape index (κ1) is 16.5. The average molecular weight is 354 g/mol. The minimum Gasteiger partial charge on any atom is -0.335 e. The smallest absolute Gasteiger partial charge is 0.322 e. The molecule has 0 amide bonds. The van der Waals surface area contributed by atoms with E-state index in [4.69, 9.17) is 16.1 Å². The molecule has 1 aromatic heterocycles. The number of aromatic nitrogens is 2. The van der Waals surface area contributed by atoms with Crippen LogP contribution >= 0.6 is 11.6 Å². The second-order valence-corrected chi connectivity index (χ2v) is 8.17. The SMILES string of the molecule is CCS(=O)C1CCCC(Nc2nc(-c3cccc(Cl)c3)no2)C1. The lowest BCUT2D eigenvalue weighted by Crippen LogP contribution is -2.33. The lowest BCUT2D eigenvalue weighted by molar-refractivity contribution is 0.409. The van der Waals surface area contributed by atoms with Crippen LogP contribution in [0.1, 0.15) is 32.6 Å². The summed E-state index contributed by atoms with van der Waals surface area (Å²) in [5, 5.41) is 8.19. The van der Waals surface area contributed by atoms with Crippen molar-refractivity contribution in [3.05, 3.63) is 29.3 Å². The van der Waals surface area contributed by atoms with Crippen molar-refractivity contribution in [2.45, 2.75) is 43.9 Å². The minimum atomic E-state index is -0.741. The third-order valence-electron chi connectivity index (χ3n) is 4.12. The quantitative estimate of drug-likeness (QED) is 0.883. The Labute approximate surface area is 143 Å². The molecule has 1 saturated carbocycles. The van der Waals surface area contributed by atoms with Gasteiger partial charge in [0.25, 0.3) is 0 Å². The summed E-state index contributed by atoms with van der Waals surface area (Å²) in [5.74, 6) is 1.23. The largest absolute Gasteiger partial charge is 0.335 e. The molecule has 7 heteroatoms. The zero-order valence-electron chi connectivity index (χ0n) is 13.0. The minimum absolute atomic E-state index is 0.233. The first-order valence-electron chi connectivity index (χ1n) is 7.89. The van der Waals surface area contributed by atoms with Crippen LogP contribution in [-0.2, 0) is 10.8 Å². The Morgan fingerprint density at radius 2 is 2.30 bits per heavy atom. The fourth-order valence-electron chi connectivity index (χ4n) is 2.95. The molecule has 124 valence electrons. The van der Waals surface area contributed by atoms with E-state index in [9.17, 15) is 4.21 Å². The Bertz CT molecular complexity index is 691. The van der Waals surface area contributed by atoms with Crippen molar-refractivity contribution in [2.75, 3.05) is 11.1 Å². The van der Waals surface area contributed by atoms with Crippen LogP contribution in [0.3, 0.4) is 0 Å². The van der Waals surface area contributed by atoms with Gasteiger partial charge in [0.2, 0.25) is 5.82 Å². The zero-order valence-corrected chi connectivity index (χ0v) is 14.6. The van der Waals surface area contributed by atoms with Gasteiger partial charge in [0, 0.05) is 38.4 Å². The summed E-state index contributed by atoms with van der Waals surface area (Å²) in [5.41, 5.74) is 0.822. The van der Waals surface area contributed by atoms with E-state index in [2.05, 4.69) is 15.5 Å². The van der Waals surface area contributed by atoms with Crippen molar-refractivity contribution >= 4 is 28.4 Å². The monoisotopic (exact) mass is 353 g/mol. The molecular weight excluding hydrogens is 334 g/mol. The van der Waals surface area contributed by atoms with Gasteiger partial charge in [-0.25, -0.2) is 0 Å². The van der Waals surface area contributed by atoms with E-state index in [1.165, 1.54) is 0 Å². The number of hydrogen-bond acceptors (Lipinski definition) is 5. The molecular formula is C16H20ClN3O2S. The molecule has 3 rings (SSSR count). The van der Waals surface area contributed by atoms with Gasteiger partial charge >= 0.3 is 6.01 Å². The van der Waals surface area contributed by atoms with Crippen LogP contribution in [0.25, 0.3) is 11.4 Å². The van der Waals surface area contributed by atoms with Gasteiger partial charge in [0.05, 0.1) is 0 Å². The summed E-state index contributed by atoms with van der Waals surface area (Å²) in [6.07, 6.45) is 4.03. The predicted octanol–water partition coefficient (Wildman–Crippen LogP) is 3.88. The standard InChI is InChI=1S/C16H20ClN3O2S/c1-2-23(21)14-8-4-7-13(10-14)18-16-19-15(20-22-16)11-5-3-6-12(17)9-11/h3,5-6,9,13-14H,2,4,7-8,10H2,1H3,(H,18,19,20). The van der Waals surface area contributed by atoms with Crippen LogP contribution in [0.15, 0.2) is 28.8 Å². The van der Waals surface area contributed by atoms with Gasteiger partial charge in [-0.1, -0.05) is 42.2 Å². The normalized spacial score (nSPS) is 22.7. The van der Waals surface area contributed by atoms with Gasteiger partial charge in [-0.2, -0.15) is 4.98 Å². The molecule has 1 fully saturated rings. The number of benzene rings is 1. The van der Waals surface area contributed by atoms with Crippen molar-refractivity contribution in [3.63, 3.8) is 0 Å². The highest BCUT2D eigenvalue weighted by atomic mass is 35.5. The molecule has 0 radical (unpaired) electrons. The summed E-state index contributed by atoms with van der Waals surface area (Å²) < 4.78 is 17.3. The molecule has 1 aliphatic carbocycles. The number of halogens is 1. The molecule has 1 aromatic carbocycles. The fraction of sp³-hybridized carbons (Fsp3) is 0.500. The van der Waals surface area contributed by atoms with E-state index >= 15 is 0 Å². The zero-order chi connectivity index (χ0) is 16.2. The lowest BCUT2D eigenvalue weighted by atomic mass is 9.95. The molecule has 0 spiro atoms. The second kappa shape index (κ2) is 7.45. The van der Waals surface area contributed by atoms with Crippen molar-refractivity contribution in [3.8, 4) is 11.4 Å². The Morgan fingerprint density at radius 1 is 1.43 bits per heavy atom. The van der Waals surface area contributed by atoms with Crippen molar-refractivity contribution in [1.82, 2.24) is 10.1 Å². The second-order valence-electron chi connectivity index (χ2n) is 5.73. The molecule has 0 saturated heterocycles. The topological polar surface area (TPSA) is 68.0 Å². The van der Waals surface area contributed by atoms with Crippen molar-refractivity contribution in [2.24, 2.45) is 0 Å². The molecule has 2 aromatic rings. The van der Waals surface area contributed by atoms with E-state index in [-0.39, 0.29) is 11.3 Å². The molecule has 3 unspecified atom stereocenters. The number of hydrogen-bond donors (Lipinski definition) is 1. The average Bonchev–Trinajstić information content (AvgIpc) is 3.03. The van der Waals surface area contributed by atoms with Gasteiger partial charge in [0.1, 0.15) is 0 Å². The highest BCUT2D eigenvalue weighted by molar-refractivity contribution is 7.85. The van der Waals surface area contributed by atoms with Crippen molar-refractivity contribution in [1.29, 1.82) is 0 Å². The highest BCUT2D eigenvalue weighted by Gasteiger charge is 2.26. The van der Waals surface area contributed by atoms with Gasteiger partial charge in [0.15, 0.2) is 0 Å². The molecule has 1 aliphatic rings. The molecule has 1 heterocycles. The maximum atomic E-state index is 12.0. The number of anilines is 1. The van der Waals surface area contributed by atoms with E-state index < -0.39 is 10.8 Å². The van der Waals surface area contributed by atoms with Crippen LogP contribution in [0, 0.1) is 0 Å². The summed E-state index contributed by atoms with van der Waals surface area (Å²) in [6, 6.07) is 8.00. The van der Waals surface area contributed by atoms with Crippen molar-refractivity contribution < 1.29 is 8.73 Å². The van der Waals surface area contributed by atoms with Gasteiger partial charge in [-0.3, -0.25) is 4.21 Å². The van der Waals surface area contributed by atoms with Crippen LogP contribution in [-0.4, -0.2) is 31.4 Å². The summed E-state index contributed by atoms with van der Waals surface area (Å²) in [6.45, 7) is 1.97. The number of rotatable bonds is 5. The highest BCUT2D eigenvalue weighted by Crippen LogP contribution is 2.26. The van der Waals surface area contributed by atoms with Crippen LogP contribution < -0.4 is 5.32 Å². The third kappa shape index (κ3) is 4.12. The van der Waals surface area contributed by atoms with E-state index in [1.54, 1.807) is 12.1 Å². The molecule has 0 bridgehead atoms. The lowest BCUT2D eigenvalue weighted by Gasteiger charge is -2.28. The molecule has 3 atom stereocenters. The number of nitrogens with one attached hydrogen (secondary N) is 1. The van der Waals surface area contributed by atoms with E-state index in [0.717, 1.165) is 37.0 Å². The van der Waals surface area contributed by atoms with Crippen LogP contribution in [0.2, 0.25) is 5.02 Å². The van der Waals surface area contributed by atoms with Crippen LogP contribution in [0.4, 0.5) is 6.01 Å². The Hall–Kier alpha value is -1.40. The molecule has 5 nitrogen and oxygen atoms in total. The van der Waals surface area contributed by atoms with Gasteiger partial charge in [-0.15, -0.1) is 0 Å². The summed E-state index contributed by atoms with van der Waals surface area (Å²) >= 11 is 5.99. The van der Waals surface area contributed by atoms with E-state index in [0.29, 0.717) is 16.9 Å². The maximum absolute atomic E-state index is 12.0.